The average Bonchev–Trinajstić information content (AvgIpc) is 3.94. The number of methoxy groups -OCH3 is 4. The summed E-state index contributed by atoms with van der Waals surface area (Å²) < 4.78 is 107. The van der Waals surface area contributed by atoms with Crippen LogP contribution in [-0.4, -0.2) is 214 Å². The summed E-state index contributed by atoms with van der Waals surface area (Å²) in [4.78, 5) is 0. The number of aliphatic hydroxyl groups excluding tert-OH is 5. The highest BCUT2D eigenvalue weighted by Crippen LogP contribution is 2.76. The van der Waals surface area contributed by atoms with Crippen LogP contribution in [0.2, 0.25) is 0 Å². The fourth-order valence-electron chi connectivity index (χ4n) is 16.1. The van der Waals surface area contributed by atoms with Crippen LogP contribution in [-0.2, 0) is 80.5 Å². The Morgan fingerprint density at radius 3 is 2.01 bits per heavy atom. The molecule has 11 aliphatic rings. The first kappa shape index (κ1) is 57.1. The van der Waals surface area contributed by atoms with E-state index >= 15 is 0 Å². The van der Waals surface area contributed by atoms with E-state index in [0.29, 0.717) is 36.9 Å². The van der Waals surface area contributed by atoms with Crippen molar-refractivity contribution in [3.05, 3.63) is 23.2 Å². The summed E-state index contributed by atoms with van der Waals surface area (Å²) in [6.07, 6.45) is -9.36. The van der Waals surface area contributed by atoms with Gasteiger partial charge >= 0.3 is 0 Å². The topological polar surface area (TPSA) is 258 Å². The van der Waals surface area contributed by atoms with Gasteiger partial charge in [-0.15, -0.1) is 0 Å². The third-order valence-corrected chi connectivity index (χ3v) is 20.0. The van der Waals surface area contributed by atoms with Crippen LogP contribution in [0.15, 0.2) is 23.2 Å². The van der Waals surface area contributed by atoms with Gasteiger partial charge in [-0.25, -0.2) is 0 Å². The summed E-state index contributed by atoms with van der Waals surface area (Å²) in [7, 11) is 6.20. The van der Waals surface area contributed by atoms with Crippen LogP contribution in [0, 0.1) is 28.6 Å². The zero-order chi connectivity index (χ0) is 54.7. The van der Waals surface area contributed by atoms with Gasteiger partial charge in [0.05, 0.1) is 75.4 Å². The molecule has 0 amide bonds. The summed E-state index contributed by atoms with van der Waals surface area (Å²) in [5, 5.41) is 52.4. The highest BCUT2D eigenvalue weighted by atomic mass is 16.8. The maximum Gasteiger partial charge on any atom is 0.202 e. The fourth-order valence-corrected chi connectivity index (χ4v) is 16.1. The standard InChI is InChI=1S/C55H86O22/c1-24-44(32(61-8)19-37(66-24)70-29-14-16-52(5)28(18-29)12-13-31-30(52)15-17-53(6)49-36-23-65-54(49,7)77-55(31,53)76-36)72-38-20-33(62-9)45(25(2)67-38)73-39-21-34(63-10)46(26(3)68-39)74-51-43(60)48(64-11)47(27(4)69-51)75-50-42(59)41(58)40(57)35(22-56)71-50/h12,24-27,29-31,33-43,45-51,56-60H,13-23H2,1-11H3/t24?,25-,26-,27-,29+,30+,31-,33+,34-,35-,36-,37+,38+,39+,40-,41+,42-,43-,45-,46-,47-,48-,49+,50+,51+,52+,53-,54-,55+/m1/s1. The second-order valence-electron chi connectivity index (χ2n) is 24.3. The van der Waals surface area contributed by atoms with E-state index in [1.807, 2.05) is 20.8 Å². The molecular formula is C55H86O22. The first-order valence-corrected chi connectivity index (χ1v) is 28.2. The van der Waals surface area contributed by atoms with Gasteiger partial charge in [-0.3, -0.25) is 0 Å². The molecule has 11 rings (SSSR count). The average molecular weight is 1100 g/mol. The smallest absolute Gasteiger partial charge is 0.202 e. The van der Waals surface area contributed by atoms with Crippen LogP contribution in [0.4, 0.5) is 0 Å². The molecule has 0 aromatic heterocycles. The Morgan fingerprint density at radius 2 is 1.32 bits per heavy atom. The molecule has 0 spiro atoms. The first-order valence-electron chi connectivity index (χ1n) is 28.2. The summed E-state index contributed by atoms with van der Waals surface area (Å²) in [5.41, 5.74) is 1.48. The maximum absolute atomic E-state index is 11.5. The lowest BCUT2D eigenvalue weighted by molar-refractivity contribution is -0.373. The molecule has 3 aliphatic carbocycles. The summed E-state index contributed by atoms with van der Waals surface area (Å²) >= 11 is 0. The molecule has 8 heterocycles. The minimum absolute atomic E-state index is 0.00229. The van der Waals surface area contributed by atoms with Crippen LogP contribution in [0.1, 0.15) is 106 Å². The Labute approximate surface area is 451 Å². The van der Waals surface area contributed by atoms with E-state index in [1.165, 1.54) is 12.7 Å². The van der Waals surface area contributed by atoms with Gasteiger partial charge in [-0.2, -0.15) is 0 Å². The molecule has 8 aliphatic heterocycles. The number of ether oxygens (including phenoxy) is 17. The Bertz CT molecular complexity index is 2150. The molecule has 0 aromatic carbocycles. The second-order valence-corrected chi connectivity index (χ2v) is 24.3. The second kappa shape index (κ2) is 21.8. The van der Waals surface area contributed by atoms with E-state index < -0.39 is 141 Å². The predicted molar refractivity (Wildman–Crippen MR) is 263 cm³/mol. The maximum atomic E-state index is 11.5. The van der Waals surface area contributed by atoms with Crippen LogP contribution in [0.25, 0.3) is 0 Å². The number of fused-ring (bicyclic) bond motifs is 3. The van der Waals surface area contributed by atoms with Gasteiger partial charge in [0.2, 0.25) is 6.29 Å². The first-order chi connectivity index (χ1) is 36.7. The third kappa shape index (κ3) is 9.58. The van der Waals surface area contributed by atoms with Crippen LogP contribution >= 0.6 is 0 Å². The zero-order valence-corrected chi connectivity index (χ0v) is 46.5. The number of allylic oxidation sites excluding steroid dienone is 1. The number of rotatable bonds is 15. The molecule has 22 heteroatoms. The van der Waals surface area contributed by atoms with Gasteiger partial charge in [0.15, 0.2) is 42.5 Å². The summed E-state index contributed by atoms with van der Waals surface area (Å²) in [6, 6.07) is 0. The Hall–Kier alpha value is -1.72. The molecule has 22 nitrogen and oxygen atoms in total. The van der Waals surface area contributed by atoms with Crippen molar-refractivity contribution in [3.63, 3.8) is 0 Å². The van der Waals surface area contributed by atoms with Crippen molar-refractivity contribution >= 4 is 0 Å². The van der Waals surface area contributed by atoms with Gasteiger partial charge in [0, 0.05) is 45.5 Å². The van der Waals surface area contributed by atoms with Crippen molar-refractivity contribution in [1.82, 2.24) is 0 Å². The molecule has 438 valence electrons. The number of hydrogen-bond acceptors (Lipinski definition) is 22. The van der Waals surface area contributed by atoms with Crippen LogP contribution in [0.5, 0.6) is 0 Å². The van der Waals surface area contributed by atoms with E-state index in [1.54, 1.807) is 28.3 Å². The quantitative estimate of drug-likeness (QED) is 0.148. The van der Waals surface area contributed by atoms with E-state index in [9.17, 15) is 25.5 Å². The molecule has 1 unspecified atom stereocenters. The molecule has 7 saturated heterocycles. The van der Waals surface area contributed by atoms with Crippen molar-refractivity contribution in [3.8, 4) is 0 Å². The molecule has 29 atom stereocenters. The van der Waals surface area contributed by atoms with Crippen LogP contribution < -0.4 is 0 Å². The van der Waals surface area contributed by atoms with Gasteiger partial charge in [-0.05, 0) is 84.5 Å². The molecular weight excluding hydrogens is 1010 g/mol. The molecule has 5 N–H and O–H groups in total. The molecule has 9 fully saturated rings. The van der Waals surface area contributed by atoms with Crippen molar-refractivity contribution < 1.29 is 106 Å². The summed E-state index contributed by atoms with van der Waals surface area (Å²) in [6.45, 7) is 14.3. The number of hydrogen-bond donors (Lipinski definition) is 5. The molecule has 2 bridgehead atoms. The highest BCUT2D eigenvalue weighted by Gasteiger charge is 2.83. The molecule has 0 radical (unpaired) electrons. The normalized spacial score (nSPS) is 54.3. The largest absolute Gasteiger partial charge is 0.497 e. The van der Waals surface area contributed by atoms with Gasteiger partial charge in [-0.1, -0.05) is 25.5 Å². The monoisotopic (exact) mass is 1100 g/mol. The lowest BCUT2D eigenvalue weighted by atomic mass is 9.48. The minimum atomic E-state index is -1.66. The molecule has 77 heavy (non-hydrogen) atoms. The Balaban J connectivity index is 0.671. The van der Waals surface area contributed by atoms with Crippen molar-refractivity contribution in [2.45, 2.75) is 253 Å². The van der Waals surface area contributed by atoms with E-state index in [-0.39, 0.29) is 41.3 Å². The van der Waals surface area contributed by atoms with Crippen molar-refractivity contribution in [1.29, 1.82) is 0 Å². The highest BCUT2D eigenvalue weighted by molar-refractivity contribution is 5.30. The lowest BCUT2D eigenvalue weighted by Gasteiger charge is -2.59. The number of aliphatic hydroxyl groups is 5. The van der Waals surface area contributed by atoms with E-state index in [4.69, 9.17) is 80.5 Å². The Morgan fingerprint density at radius 1 is 0.649 bits per heavy atom. The SMILES string of the molecule is COC1=C(O[C@H]2C[C@H](OC)[C@H](O[C@H]3C[C@@H](OC)[C@H](O[C@@H]4O[C@H](C)[C@@H](O[C@@H]5O[C@H](CO)[C@@H](O)[C@H](O)[C@H]5O)[C@H](OC)[C@H]4O)[C@@H](C)O3)[C@@H](C)O2)C(C)O[C@@H](O[C@H]2CC[C@@]3(C)C(=CC[C@@H]4[C@@H]3CC[C@]3(C)[C@@H]5[C@H]6CO[C@]5(C)O[C@@]43O6)C2)C1. The minimum Gasteiger partial charge on any atom is -0.497 e. The zero-order valence-electron chi connectivity index (χ0n) is 46.5. The van der Waals surface area contributed by atoms with Gasteiger partial charge < -0.3 is 106 Å². The summed E-state index contributed by atoms with van der Waals surface area (Å²) in [5.74, 6) is 1.06. The van der Waals surface area contributed by atoms with Crippen LogP contribution in [0.3, 0.4) is 0 Å². The van der Waals surface area contributed by atoms with Crippen molar-refractivity contribution in [2.24, 2.45) is 28.6 Å². The molecule has 0 aromatic rings. The van der Waals surface area contributed by atoms with Gasteiger partial charge in [0.25, 0.3) is 0 Å². The fraction of sp³-hybridized carbons (Fsp3) is 0.927. The Kier molecular flexibility index (Phi) is 16.2. The van der Waals surface area contributed by atoms with E-state index in [2.05, 4.69) is 26.8 Å². The van der Waals surface area contributed by atoms with Gasteiger partial charge in [0.1, 0.15) is 66.8 Å². The third-order valence-electron chi connectivity index (χ3n) is 20.0. The predicted octanol–water partition coefficient (Wildman–Crippen LogP) is 2.80. The van der Waals surface area contributed by atoms with Crippen molar-refractivity contribution in [2.75, 3.05) is 41.7 Å². The lowest BCUT2D eigenvalue weighted by Crippen LogP contribution is -2.65. The molecule has 2 saturated carbocycles. The van der Waals surface area contributed by atoms with E-state index in [0.717, 1.165) is 38.5 Å².